The highest BCUT2D eigenvalue weighted by Gasteiger charge is 2.15. The van der Waals surface area contributed by atoms with E-state index in [1.54, 1.807) is 14.1 Å². The van der Waals surface area contributed by atoms with Gasteiger partial charge in [0.2, 0.25) is 0 Å². The fraction of sp³-hybridized carbons (Fsp3) is 0.467. The van der Waals surface area contributed by atoms with E-state index in [1.165, 1.54) is 4.90 Å². The highest BCUT2D eigenvalue weighted by atomic mass is 16.2. The zero-order valence-corrected chi connectivity index (χ0v) is 12.9. The number of carbonyl (C=O) groups excluding carboxylic acids is 2. The lowest BCUT2D eigenvalue weighted by Gasteiger charge is -2.16. The molecule has 0 aliphatic carbocycles. The first-order valence-corrected chi connectivity index (χ1v) is 6.68. The van der Waals surface area contributed by atoms with Gasteiger partial charge in [0.15, 0.2) is 13.1 Å². The Hall–Kier alpha value is -1.88. The molecule has 2 amide bonds. The molecule has 0 aliphatic rings. The maximum Gasteiger partial charge on any atom is 0.279 e. The Morgan fingerprint density at radius 1 is 1.20 bits per heavy atom. The number of benzene rings is 1. The molecule has 0 saturated carbocycles. The fourth-order valence-corrected chi connectivity index (χ4v) is 1.83. The summed E-state index contributed by atoms with van der Waals surface area (Å²) in [5.41, 5.74) is 3.05. The van der Waals surface area contributed by atoms with Gasteiger partial charge in [0.1, 0.15) is 0 Å². The summed E-state index contributed by atoms with van der Waals surface area (Å²) in [6.45, 7) is 4.58. The Bertz CT molecular complexity index is 498. The third kappa shape index (κ3) is 4.66. The molecule has 0 saturated heterocycles. The minimum atomic E-state index is -0.0808. The minimum absolute atomic E-state index is 0.0158. The van der Waals surface area contributed by atoms with Gasteiger partial charge in [-0.05, 0) is 31.0 Å². The van der Waals surface area contributed by atoms with Crippen molar-refractivity contribution in [3.63, 3.8) is 0 Å². The number of aryl methyl sites for hydroxylation is 1. The zero-order valence-electron chi connectivity index (χ0n) is 12.9. The summed E-state index contributed by atoms with van der Waals surface area (Å²) in [6, 6.07) is 5.82. The molecular formula is C15H24N3O2+. The smallest absolute Gasteiger partial charge is 0.279 e. The molecule has 0 heterocycles. The van der Waals surface area contributed by atoms with E-state index in [0.29, 0.717) is 6.54 Å². The topological polar surface area (TPSA) is 53.9 Å². The van der Waals surface area contributed by atoms with Crippen molar-refractivity contribution in [1.82, 2.24) is 4.90 Å². The van der Waals surface area contributed by atoms with Gasteiger partial charge >= 0.3 is 0 Å². The largest absolute Gasteiger partial charge is 0.344 e. The van der Waals surface area contributed by atoms with E-state index < -0.39 is 0 Å². The van der Waals surface area contributed by atoms with E-state index >= 15 is 0 Å². The van der Waals surface area contributed by atoms with Crippen LogP contribution in [0.4, 0.5) is 5.69 Å². The number of amides is 2. The minimum Gasteiger partial charge on any atom is -0.344 e. The van der Waals surface area contributed by atoms with Gasteiger partial charge in [-0.2, -0.15) is 0 Å². The van der Waals surface area contributed by atoms with Gasteiger partial charge in [-0.3, -0.25) is 9.59 Å². The zero-order chi connectivity index (χ0) is 15.3. The number of hydrogen-bond acceptors (Lipinski definition) is 2. The van der Waals surface area contributed by atoms with Crippen LogP contribution in [0.25, 0.3) is 0 Å². The van der Waals surface area contributed by atoms with E-state index in [4.69, 9.17) is 0 Å². The molecule has 0 aromatic heterocycles. The third-order valence-electron chi connectivity index (χ3n) is 3.29. The molecule has 1 rings (SSSR count). The van der Waals surface area contributed by atoms with Crippen molar-refractivity contribution in [3.8, 4) is 0 Å². The number of rotatable bonds is 5. The van der Waals surface area contributed by atoms with Crippen LogP contribution in [0, 0.1) is 13.8 Å². The van der Waals surface area contributed by atoms with Crippen LogP contribution >= 0.6 is 0 Å². The summed E-state index contributed by atoms with van der Waals surface area (Å²) in [7, 11) is 5.27. The second kappa shape index (κ2) is 7.05. The molecule has 0 aliphatic heterocycles. The van der Waals surface area contributed by atoms with Crippen LogP contribution in [-0.4, -0.2) is 50.9 Å². The lowest BCUT2D eigenvalue weighted by molar-refractivity contribution is -0.862. The van der Waals surface area contributed by atoms with Crippen LogP contribution in [0.3, 0.4) is 0 Å². The number of quaternary nitrogens is 1. The first-order valence-electron chi connectivity index (χ1n) is 6.68. The standard InChI is InChI=1S/C15H23N3O2/c1-11-7-6-8-13(12(11)2)16-14(19)9-18(5)10-15(20)17(3)4/h6-8H,9-10H2,1-5H3,(H,16,19)/p+1. The van der Waals surface area contributed by atoms with Crippen molar-refractivity contribution in [1.29, 1.82) is 0 Å². The summed E-state index contributed by atoms with van der Waals surface area (Å²) in [5.74, 6) is -0.0650. The molecule has 1 unspecified atom stereocenters. The molecule has 0 bridgehead atoms. The van der Waals surface area contributed by atoms with Gasteiger partial charge in [0, 0.05) is 19.8 Å². The molecule has 0 radical (unpaired) electrons. The van der Waals surface area contributed by atoms with Crippen LogP contribution in [0.1, 0.15) is 11.1 Å². The van der Waals surface area contributed by atoms with E-state index in [9.17, 15) is 9.59 Å². The van der Waals surface area contributed by atoms with E-state index in [0.717, 1.165) is 21.7 Å². The molecule has 5 heteroatoms. The van der Waals surface area contributed by atoms with Crippen LogP contribution < -0.4 is 10.2 Å². The van der Waals surface area contributed by atoms with Crippen LogP contribution in [0.2, 0.25) is 0 Å². The highest BCUT2D eigenvalue weighted by Crippen LogP contribution is 2.17. The van der Waals surface area contributed by atoms with Crippen molar-refractivity contribution >= 4 is 17.5 Å². The van der Waals surface area contributed by atoms with Gasteiger partial charge in [0.25, 0.3) is 11.8 Å². The number of anilines is 1. The van der Waals surface area contributed by atoms with Crippen molar-refractivity contribution < 1.29 is 14.5 Å². The second-order valence-electron chi connectivity index (χ2n) is 5.39. The Morgan fingerprint density at radius 2 is 1.85 bits per heavy atom. The number of carbonyl (C=O) groups is 2. The van der Waals surface area contributed by atoms with E-state index in [-0.39, 0.29) is 18.4 Å². The molecule has 2 N–H and O–H groups in total. The summed E-state index contributed by atoms with van der Waals surface area (Å²) < 4.78 is 0. The molecule has 5 nitrogen and oxygen atoms in total. The number of nitrogens with one attached hydrogen (secondary N) is 2. The summed E-state index contributed by atoms with van der Waals surface area (Å²) in [6.07, 6.45) is 0. The van der Waals surface area contributed by atoms with E-state index in [1.807, 2.05) is 39.1 Å². The average molecular weight is 278 g/mol. The van der Waals surface area contributed by atoms with Crippen molar-refractivity contribution in [2.75, 3.05) is 39.5 Å². The fourth-order valence-electron chi connectivity index (χ4n) is 1.83. The molecule has 20 heavy (non-hydrogen) atoms. The number of nitrogens with zero attached hydrogens (tertiary/aromatic N) is 1. The molecule has 1 atom stereocenters. The van der Waals surface area contributed by atoms with Crippen LogP contribution in [-0.2, 0) is 9.59 Å². The van der Waals surface area contributed by atoms with Gasteiger partial charge in [0.05, 0.1) is 7.05 Å². The highest BCUT2D eigenvalue weighted by molar-refractivity contribution is 5.92. The Kier molecular flexibility index (Phi) is 5.70. The van der Waals surface area contributed by atoms with Crippen molar-refractivity contribution in [2.45, 2.75) is 13.8 Å². The second-order valence-corrected chi connectivity index (χ2v) is 5.39. The summed E-state index contributed by atoms with van der Waals surface area (Å²) in [5, 5.41) is 2.90. The molecule has 0 spiro atoms. The van der Waals surface area contributed by atoms with Crippen LogP contribution in [0.5, 0.6) is 0 Å². The normalized spacial score (nSPS) is 11.8. The molecule has 110 valence electrons. The molecule has 1 aromatic rings. The SMILES string of the molecule is Cc1cccc(NC(=O)C[NH+](C)CC(=O)N(C)C)c1C. The van der Waals surface area contributed by atoms with Crippen molar-refractivity contribution in [3.05, 3.63) is 29.3 Å². The third-order valence-corrected chi connectivity index (χ3v) is 3.29. The van der Waals surface area contributed by atoms with E-state index in [2.05, 4.69) is 5.32 Å². The summed E-state index contributed by atoms with van der Waals surface area (Å²) >= 11 is 0. The number of hydrogen-bond donors (Lipinski definition) is 2. The predicted molar refractivity (Wildman–Crippen MR) is 79.9 cm³/mol. The van der Waals surface area contributed by atoms with Gasteiger partial charge < -0.3 is 15.1 Å². The Balaban J connectivity index is 2.55. The summed E-state index contributed by atoms with van der Waals surface area (Å²) in [4.78, 5) is 25.9. The first kappa shape index (κ1) is 16.2. The first-order chi connectivity index (χ1) is 9.31. The van der Waals surface area contributed by atoms with Crippen LogP contribution in [0.15, 0.2) is 18.2 Å². The Labute approximate surface area is 120 Å². The average Bonchev–Trinajstić information content (AvgIpc) is 2.34. The van der Waals surface area contributed by atoms with Gasteiger partial charge in [-0.15, -0.1) is 0 Å². The molecular weight excluding hydrogens is 254 g/mol. The van der Waals surface area contributed by atoms with Gasteiger partial charge in [-0.25, -0.2) is 0 Å². The van der Waals surface area contributed by atoms with Gasteiger partial charge in [-0.1, -0.05) is 12.1 Å². The maximum atomic E-state index is 12.0. The molecule has 1 aromatic carbocycles. The maximum absolute atomic E-state index is 12.0. The van der Waals surface area contributed by atoms with Crippen molar-refractivity contribution in [2.24, 2.45) is 0 Å². The molecule has 0 fully saturated rings. The lowest BCUT2D eigenvalue weighted by Crippen LogP contribution is -3.11. The lowest BCUT2D eigenvalue weighted by atomic mass is 10.1. The quantitative estimate of drug-likeness (QED) is 0.787. The Morgan fingerprint density at radius 3 is 2.45 bits per heavy atom. The number of likely N-dealkylation sites (N-methyl/N-ethyl adjacent to an activating group) is 2. The monoisotopic (exact) mass is 278 g/mol. The predicted octanol–water partition coefficient (Wildman–Crippen LogP) is -0.155.